The molecule has 0 saturated carbocycles. The van der Waals surface area contributed by atoms with Crippen LogP contribution in [-0.2, 0) is 11.2 Å². The van der Waals surface area contributed by atoms with Crippen LogP contribution in [0.5, 0.6) is 5.75 Å². The second-order valence-electron chi connectivity index (χ2n) is 5.08. The minimum absolute atomic E-state index is 0.121. The highest BCUT2D eigenvalue weighted by Gasteiger charge is 2.31. The fourth-order valence-corrected chi connectivity index (χ4v) is 2.93. The Balaban J connectivity index is 3.06. The Morgan fingerprint density at radius 2 is 1.72 bits per heavy atom. The van der Waals surface area contributed by atoms with Gasteiger partial charge in [-0.25, -0.2) is 4.79 Å². The lowest BCUT2D eigenvalue weighted by Crippen LogP contribution is -2.51. The van der Waals surface area contributed by atoms with E-state index < -0.39 is 12.0 Å². The Morgan fingerprint density at radius 1 is 1.28 bits per heavy atom. The maximum Gasteiger partial charge on any atom is 0.362 e. The molecule has 0 aliphatic rings. The average Bonchev–Trinajstić information content (AvgIpc) is 2.20. The molecule has 0 aromatic heterocycles. The van der Waals surface area contributed by atoms with Gasteiger partial charge in [0.2, 0.25) is 0 Å². The highest BCUT2D eigenvalue weighted by molar-refractivity contribution is 9.11. The lowest BCUT2D eigenvalue weighted by molar-refractivity contribution is -0.887. The number of quaternary nitrogens is 1. The van der Waals surface area contributed by atoms with Crippen molar-refractivity contribution in [2.45, 2.75) is 12.5 Å². The molecule has 0 saturated heterocycles. The van der Waals surface area contributed by atoms with Gasteiger partial charge < -0.3 is 14.7 Å². The number of benzene rings is 1. The summed E-state index contributed by atoms with van der Waals surface area (Å²) in [4.78, 5) is 11.3. The van der Waals surface area contributed by atoms with Crippen LogP contribution >= 0.6 is 31.9 Å². The summed E-state index contributed by atoms with van der Waals surface area (Å²) in [5.74, 6) is -0.710. The molecule has 0 spiro atoms. The van der Waals surface area contributed by atoms with Crippen LogP contribution in [0.4, 0.5) is 0 Å². The van der Waals surface area contributed by atoms with Gasteiger partial charge in [-0.1, -0.05) is 0 Å². The molecule has 18 heavy (non-hydrogen) atoms. The van der Waals surface area contributed by atoms with Crippen LogP contribution in [0, 0.1) is 0 Å². The zero-order valence-electron chi connectivity index (χ0n) is 10.4. The van der Waals surface area contributed by atoms with Crippen molar-refractivity contribution in [1.29, 1.82) is 0 Å². The number of aromatic hydroxyl groups is 1. The van der Waals surface area contributed by atoms with E-state index in [1.807, 2.05) is 21.1 Å². The standard InChI is InChI=1S/C12H15Br2NO3/c1-15(2,3)10(12(17)18)6-7-4-8(13)11(16)9(14)5-7/h4-5,10H,6H2,1-3H3,(H-,16,17,18)/p+1. The Morgan fingerprint density at radius 3 is 2.06 bits per heavy atom. The lowest BCUT2D eigenvalue weighted by atomic mass is 10.0. The van der Waals surface area contributed by atoms with Gasteiger partial charge in [-0.05, 0) is 49.6 Å². The fraction of sp³-hybridized carbons (Fsp3) is 0.417. The Kier molecular flexibility index (Phi) is 4.80. The molecule has 1 aromatic carbocycles. The monoisotopic (exact) mass is 380 g/mol. The zero-order chi connectivity index (χ0) is 14.1. The van der Waals surface area contributed by atoms with E-state index in [-0.39, 0.29) is 5.75 Å². The van der Waals surface area contributed by atoms with E-state index in [1.165, 1.54) is 0 Å². The van der Waals surface area contributed by atoms with Gasteiger partial charge >= 0.3 is 5.97 Å². The fourth-order valence-electron chi connectivity index (χ4n) is 1.65. The van der Waals surface area contributed by atoms with Crippen LogP contribution in [0.1, 0.15) is 5.56 Å². The third-order valence-electron chi connectivity index (χ3n) is 2.73. The number of carboxylic acid groups (broad SMARTS) is 1. The molecular weight excluding hydrogens is 366 g/mol. The molecule has 100 valence electrons. The van der Waals surface area contributed by atoms with Crippen molar-refractivity contribution >= 4 is 37.8 Å². The van der Waals surface area contributed by atoms with E-state index >= 15 is 0 Å². The average molecular weight is 382 g/mol. The van der Waals surface area contributed by atoms with Crippen molar-refractivity contribution in [3.05, 3.63) is 26.6 Å². The third-order valence-corrected chi connectivity index (χ3v) is 3.93. The number of carbonyl (C=O) groups is 1. The first-order chi connectivity index (χ1) is 8.12. The van der Waals surface area contributed by atoms with E-state index in [1.54, 1.807) is 12.1 Å². The Labute approximate surface area is 123 Å². The normalized spacial score (nSPS) is 13.4. The minimum Gasteiger partial charge on any atom is -0.506 e. The van der Waals surface area contributed by atoms with Gasteiger partial charge in [0.1, 0.15) is 5.75 Å². The first-order valence-corrected chi connectivity index (χ1v) is 6.92. The molecule has 2 N–H and O–H groups in total. The van der Waals surface area contributed by atoms with Crippen LogP contribution < -0.4 is 0 Å². The second kappa shape index (κ2) is 5.59. The molecule has 0 heterocycles. The number of hydrogen-bond acceptors (Lipinski definition) is 2. The zero-order valence-corrected chi connectivity index (χ0v) is 13.6. The largest absolute Gasteiger partial charge is 0.506 e. The summed E-state index contributed by atoms with van der Waals surface area (Å²) in [6, 6.07) is 2.95. The van der Waals surface area contributed by atoms with Crippen molar-refractivity contribution in [3.8, 4) is 5.75 Å². The molecule has 0 radical (unpaired) electrons. The maximum absolute atomic E-state index is 11.3. The van der Waals surface area contributed by atoms with Gasteiger partial charge in [0.15, 0.2) is 6.04 Å². The van der Waals surface area contributed by atoms with Crippen LogP contribution in [-0.4, -0.2) is 47.9 Å². The molecule has 6 heteroatoms. The number of aliphatic carboxylic acids is 1. The molecule has 1 rings (SSSR count). The maximum atomic E-state index is 11.3. The first-order valence-electron chi connectivity index (χ1n) is 5.33. The highest BCUT2D eigenvalue weighted by atomic mass is 79.9. The van der Waals surface area contributed by atoms with Crippen molar-refractivity contribution in [2.24, 2.45) is 0 Å². The van der Waals surface area contributed by atoms with Crippen LogP contribution in [0.25, 0.3) is 0 Å². The SMILES string of the molecule is C[N+](C)(C)C(Cc1cc(Br)c(O)c(Br)c1)C(=O)O. The number of likely N-dealkylation sites (N-methyl/N-ethyl adjacent to an activating group) is 1. The van der Waals surface area contributed by atoms with E-state index in [0.717, 1.165) is 5.56 Å². The smallest absolute Gasteiger partial charge is 0.362 e. The summed E-state index contributed by atoms with van der Waals surface area (Å²) in [7, 11) is 5.55. The number of nitrogens with zero attached hydrogens (tertiary/aromatic N) is 1. The number of carboxylic acids is 1. The molecule has 0 bridgehead atoms. The van der Waals surface area contributed by atoms with Crippen LogP contribution in [0.3, 0.4) is 0 Å². The van der Waals surface area contributed by atoms with Crippen molar-refractivity contribution in [3.63, 3.8) is 0 Å². The van der Waals surface area contributed by atoms with E-state index in [9.17, 15) is 15.0 Å². The molecule has 1 unspecified atom stereocenters. The third kappa shape index (κ3) is 3.70. The van der Waals surface area contributed by atoms with Crippen molar-refractivity contribution in [1.82, 2.24) is 0 Å². The van der Waals surface area contributed by atoms with Gasteiger partial charge in [0.05, 0.1) is 30.1 Å². The summed E-state index contributed by atoms with van der Waals surface area (Å²) in [5, 5.41) is 18.9. The van der Waals surface area contributed by atoms with Gasteiger partial charge in [0, 0.05) is 6.42 Å². The first kappa shape index (κ1) is 15.5. The molecule has 1 aromatic rings. The second-order valence-corrected chi connectivity index (χ2v) is 6.79. The van der Waals surface area contributed by atoms with Gasteiger partial charge in [-0.15, -0.1) is 0 Å². The summed E-state index contributed by atoms with van der Waals surface area (Å²) < 4.78 is 1.45. The van der Waals surface area contributed by atoms with Crippen molar-refractivity contribution in [2.75, 3.05) is 21.1 Å². The molecule has 0 aliphatic heterocycles. The molecule has 0 aliphatic carbocycles. The van der Waals surface area contributed by atoms with Crippen LogP contribution in [0.2, 0.25) is 0 Å². The molecule has 0 amide bonds. The predicted octanol–water partition coefficient (Wildman–Crippen LogP) is 2.62. The number of phenolic OH excluding ortho intramolecular Hbond substituents is 1. The molecule has 1 atom stereocenters. The van der Waals surface area contributed by atoms with E-state index in [0.29, 0.717) is 19.8 Å². The van der Waals surface area contributed by atoms with E-state index in [4.69, 9.17) is 0 Å². The number of halogens is 2. The summed E-state index contributed by atoms with van der Waals surface area (Å²) in [5.41, 5.74) is 0.854. The minimum atomic E-state index is -0.831. The van der Waals surface area contributed by atoms with Gasteiger partial charge in [-0.2, -0.15) is 0 Å². The molecular formula is C12H16Br2NO3+. The summed E-state index contributed by atoms with van der Waals surface area (Å²) >= 11 is 6.48. The predicted molar refractivity (Wildman–Crippen MR) is 76.7 cm³/mol. The Hall–Kier alpha value is -0.590. The number of phenols is 1. The van der Waals surface area contributed by atoms with Crippen LogP contribution in [0.15, 0.2) is 21.1 Å². The molecule has 0 fully saturated rings. The van der Waals surface area contributed by atoms with E-state index in [2.05, 4.69) is 31.9 Å². The lowest BCUT2D eigenvalue weighted by Gasteiger charge is -2.31. The van der Waals surface area contributed by atoms with Crippen molar-refractivity contribution < 1.29 is 19.5 Å². The molecule has 4 nitrogen and oxygen atoms in total. The Bertz CT molecular complexity index is 446. The topological polar surface area (TPSA) is 57.5 Å². The summed E-state index contributed by atoms with van der Waals surface area (Å²) in [6.07, 6.45) is 0.399. The quantitative estimate of drug-likeness (QED) is 0.788. The number of rotatable bonds is 4. The summed E-state index contributed by atoms with van der Waals surface area (Å²) in [6.45, 7) is 0. The van der Waals surface area contributed by atoms with Gasteiger partial charge in [0.25, 0.3) is 0 Å². The number of hydrogen-bond donors (Lipinski definition) is 2. The van der Waals surface area contributed by atoms with Gasteiger partial charge in [-0.3, -0.25) is 0 Å². The highest BCUT2D eigenvalue weighted by Crippen LogP contribution is 2.34.